The van der Waals surface area contributed by atoms with Crippen LogP contribution in [0.25, 0.3) is 0 Å². The first kappa shape index (κ1) is 15.6. The number of methoxy groups -OCH3 is 2. The van der Waals surface area contributed by atoms with Crippen LogP contribution < -0.4 is 9.64 Å². The van der Waals surface area contributed by atoms with Gasteiger partial charge in [-0.15, -0.1) is 0 Å². The van der Waals surface area contributed by atoms with Gasteiger partial charge >= 0.3 is 0 Å². The van der Waals surface area contributed by atoms with Gasteiger partial charge in [0.1, 0.15) is 22.5 Å². The molecule has 20 heavy (non-hydrogen) atoms. The Hall–Kier alpha value is -0.820. The fourth-order valence-electron chi connectivity index (χ4n) is 2.10. The average molecular weight is 313 g/mol. The van der Waals surface area contributed by atoms with Crippen molar-refractivity contribution in [3.05, 3.63) is 29.8 Å². The summed E-state index contributed by atoms with van der Waals surface area (Å²) >= 11 is 7.21. The SMILES string of the molecule is COCC[NH+]1CSC(=S)N(Cc2ccc(OC)cc2)C1. The standard InChI is InChI=1S/C14H20N2O2S2/c1-17-8-7-15-10-16(14(19)20-11-15)9-12-3-5-13(18-2)6-4-12/h3-6H,7-11H2,1-2H3/p+1. The third kappa shape index (κ3) is 4.34. The van der Waals surface area contributed by atoms with E-state index in [4.69, 9.17) is 21.7 Å². The zero-order valence-electron chi connectivity index (χ0n) is 11.9. The van der Waals surface area contributed by atoms with Crippen LogP contribution >= 0.6 is 24.0 Å². The Morgan fingerprint density at radius 2 is 2.05 bits per heavy atom. The average Bonchev–Trinajstić information content (AvgIpc) is 2.49. The lowest BCUT2D eigenvalue weighted by atomic mass is 10.2. The van der Waals surface area contributed by atoms with Crippen molar-refractivity contribution < 1.29 is 14.4 Å². The molecule has 1 unspecified atom stereocenters. The van der Waals surface area contributed by atoms with Crippen LogP contribution in [0.15, 0.2) is 24.3 Å². The molecule has 1 aliphatic heterocycles. The van der Waals surface area contributed by atoms with Crippen molar-refractivity contribution in [2.24, 2.45) is 0 Å². The molecule has 1 aromatic carbocycles. The van der Waals surface area contributed by atoms with E-state index in [2.05, 4.69) is 17.0 Å². The molecule has 4 nitrogen and oxygen atoms in total. The van der Waals surface area contributed by atoms with Crippen LogP contribution in [0.3, 0.4) is 0 Å². The summed E-state index contributed by atoms with van der Waals surface area (Å²) in [6.07, 6.45) is 0. The monoisotopic (exact) mass is 313 g/mol. The maximum Gasteiger partial charge on any atom is 0.155 e. The van der Waals surface area contributed by atoms with E-state index in [0.717, 1.165) is 42.3 Å². The molecule has 1 aliphatic rings. The molecule has 1 N–H and O–H groups in total. The Balaban J connectivity index is 1.93. The number of quaternary nitrogens is 1. The Morgan fingerprint density at radius 1 is 1.30 bits per heavy atom. The van der Waals surface area contributed by atoms with Gasteiger partial charge in [0, 0.05) is 13.7 Å². The number of benzene rings is 1. The van der Waals surface area contributed by atoms with E-state index in [1.807, 2.05) is 12.1 Å². The minimum absolute atomic E-state index is 0.791. The lowest BCUT2D eigenvalue weighted by Crippen LogP contribution is -3.14. The highest BCUT2D eigenvalue weighted by molar-refractivity contribution is 8.22. The van der Waals surface area contributed by atoms with Crippen LogP contribution in [0.1, 0.15) is 5.56 Å². The van der Waals surface area contributed by atoms with Gasteiger partial charge in [-0.05, 0) is 29.5 Å². The van der Waals surface area contributed by atoms with Crippen molar-refractivity contribution >= 4 is 28.3 Å². The van der Waals surface area contributed by atoms with E-state index >= 15 is 0 Å². The Bertz CT molecular complexity index is 439. The quantitative estimate of drug-likeness (QED) is 0.790. The zero-order valence-corrected chi connectivity index (χ0v) is 13.6. The molecule has 1 atom stereocenters. The summed E-state index contributed by atoms with van der Waals surface area (Å²) in [5.41, 5.74) is 1.25. The topological polar surface area (TPSA) is 26.1 Å². The predicted molar refractivity (Wildman–Crippen MR) is 86.2 cm³/mol. The fourth-order valence-corrected chi connectivity index (χ4v) is 3.29. The summed E-state index contributed by atoms with van der Waals surface area (Å²) in [7, 11) is 3.43. The van der Waals surface area contributed by atoms with Crippen LogP contribution in [0.2, 0.25) is 0 Å². The van der Waals surface area contributed by atoms with Crippen molar-refractivity contribution in [2.75, 3.05) is 39.9 Å². The van der Waals surface area contributed by atoms with Gasteiger partial charge in [-0.2, -0.15) is 0 Å². The van der Waals surface area contributed by atoms with Gasteiger partial charge in [0.25, 0.3) is 0 Å². The molecule has 0 bridgehead atoms. The molecule has 0 aliphatic carbocycles. The van der Waals surface area contributed by atoms with E-state index in [-0.39, 0.29) is 0 Å². The van der Waals surface area contributed by atoms with Gasteiger partial charge < -0.3 is 19.3 Å². The van der Waals surface area contributed by atoms with Crippen LogP contribution in [0.5, 0.6) is 5.75 Å². The second kappa shape index (κ2) is 7.83. The molecule has 6 heteroatoms. The lowest BCUT2D eigenvalue weighted by molar-refractivity contribution is -0.897. The summed E-state index contributed by atoms with van der Waals surface area (Å²) in [5.74, 6) is 1.91. The van der Waals surface area contributed by atoms with Crippen molar-refractivity contribution in [3.63, 3.8) is 0 Å². The lowest BCUT2D eigenvalue weighted by Gasteiger charge is -2.33. The van der Waals surface area contributed by atoms with Gasteiger partial charge in [0.05, 0.1) is 13.7 Å². The fraction of sp³-hybridized carbons (Fsp3) is 0.500. The molecular formula is C14H21N2O2S2+. The van der Waals surface area contributed by atoms with E-state index in [1.54, 1.807) is 26.0 Å². The molecule has 0 spiro atoms. The second-order valence-corrected chi connectivity index (χ2v) is 6.36. The van der Waals surface area contributed by atoms with Crippen molar-refractivity contribution in [3.8, 4) is 5.75 Å². The normalized spacial score (nSPS) is 19.2. The van der Waals surface area contributed by atoms with Gasteiger partial charge in [-0.1, -0.05) is 24.4 Å². The van der Waals surface area contributed by atoms with Crippen LogP contribution in [0.4, 0.5) is 0 Å². The number of rotatable bonds is 6. The summed E-state index contributed by atoms with van der Waals surface area (Å²) in [4.78, 5) is 3.76. The van der Waals surface area contributed by atoms with Crippen molar-refractivity contribution in [2.45, 2.75) is 6.54 Å². The molecule has 1 aromatic rings. The summed E-state index contributed by atoms with van der Waals surface area (Å²) in [6.45, 7) is 3.61. The molecule has 1 heterocycles. The zero-order chi connectivity index (χ0) is 14.4. The molecule has 1 fully saturated rings. The highest BCUT2D eigenvalue weighted by atomic mass is 32.2. The molecular weight excluding hydrogens is 292 g/mol. The van der Waals surface area contributed by atoms with Crippen LogP contribution in [-0.2, 0) is 11.3 Å². The number of hydrogen-bond acceptors (Lipinski definition) is 4. The second-order valence-electron chi connectivity index (χ2n) is 4.75. The number of thiocarbonyl (C=S) groups is 1. The van der Waals surface area contributed by atoms with E-state index < -0.39 is 0 Å². The van der Waals surface area contributed by atoms with Gasteiger partial charge in [-0.25, -0.2) is 0 Å². The minimum Gasteiger partial charge on any atom is -0.497 e. The van der Waals surface area contributed by atoms with E-state index in [9.17, 15) is 0 Å². The first-order valence-electron chi connectivity index (χ1n) is 6.60. The number of nitrogens with zero attached hydrogens (tertiary/aromatic N) is 1. The molecule has 0 radical (unpaired) electrons. The number of ether oxygens (including phenoxy) is 2. The maximum absolute atomic E-state index is 5.46. The van der Waals surface area contributed by atoms with Crippen molar-refractivity contribution in [1.29, 1.82) is 0 Å². The number of nitrogens with one attached hydrogen (secondary N) is 1. The predicted octanol–water partition coefficient (Wildman–Crippen LogP) is 0.975. The van der Waals surface area contributed by atoms with E-state index in [1.165, 1.54) is 10.5 Å². The molecule has 0 saturated carbocycles. The third-order valence-electron chi connectivity index (χ3n) is 3.26. The van der Waals surface area contributed by atoms with Gasteiger partial charge in [-0.3, -0.25) is 0 Å². The highest BCUT2D eigenvalue weighted by Gasteiger charge is 2.24. The highest BCUT2D eigenvalue weighted by Crippen LogP contribution is 2.16. The number of thioether (sulfide) groups is 1. The minimum atomic E-state index is 0.791. The Kier molecular flexibility index (Phi) is 6.09. The first-order valence-corrected chi connectivity index (χ1v) is 7.99. The van der Waals surface area contributed by atoms with Crippen molar-refractivity contribution in [1.82, 2.24) is 4.90 Å². The van der Waals surface area contributed by atoms with E-state index in [0.29, 0.717) is 0 Å². The summed E-state index contributed by atoms with van der Waals surface area (Å²) < 4.78 is 11.3. The summed E-state index contributed by atoms with van der Waals surface area (Å²) in [5, 5.41) is 0. The van der Waals surface area contributed by atoms with Gasteiger partial charge in [0.15, 0.2) is 6.67 Å². The van der Waals surface area contributed by atoms with Crippen LogP contribution in [-0.4, -0.2) is 49.1 Å². The molecule has 110 valence electrons. The maximum atomic E-state index is 5.46. The summed E-state index contributed by atoms with van der Waals surface area (Å²) in [6, 6.07) is 8.17. The van der Waals surface area contributed by atoms with Gasteiger partial charge in [0.2, 0.25) is 0 Å². The number of hydrogen-bond donors (Lipinski definition) is 1. The van der Waals surface area contributed by atoms with Crippen LogP contribution in [0, 0.1) is 0 Å². The largest absolute Gasteiger partial charge is 0.497 e. The Labute approximate surface area is 130 Å². The smallest absolute Gasteiger partial charge is 0.155 e. The molecule has 1 saturated heterocycles. The Morgan fingerprint density at radius 3 is 2.70 bits per heavy atom. The molecule has 2 rings (SSSR count). The first-order chi connectivity index (χ1) is 9.72. The third-order valence-corrected chi connectivity index (χ3v) is 4.93. The molecule has 0 aromatic heterocycles. The molecule has 0 amide bonds.